The molecule has 4 heteroatoms. The van der Waals surface area contributed by atoms with Crippen LogP contribution < -0.4 is 9.64 Å². The monoisotopic (exact) mass is 251 g/mol. The number of ether oxygens (including phenoxy) is 2. The molecule has 2 rings (SSSR count). The fraction of sp³-hybridized carbons (Fsp3) is 0.571. The maximum Gasteiger partial charge on any atom is 0.142 e. The molecule has 0 aliphatic carbocycles. The summed E-state index contributed by atoms with van der Waals surface area (Å²) in [5, 5.41) is 9.65. The number of anilines is 1. The second-order valence-electron chi connectivity index (χ2n) is 4.58. The van der Waals surface area contributed by atoms with Crippen molar-refractivity contribution in [3.63, 3.8) is 0 Å². The summed E-state index contributed by atoms with van der Waals surface area (Å²) in [6.07, 6.45) is 0.549. The minimum absolute atomic E-state index is 0.446. The van der Waals surface area contributed by atoms with Crippen molar-refractivity contribution in [2.24, 2.45) is 0 Å². The number of methoxy groups -OCH3 is 1. The van der Waals surface area contributed by atoms with E-state index in [9.17, 15) is 5.11 Å². The smallest absolute Gasteiger partial charge is 0.142 e. The predicted molar refractivity (Wildman–Crippen MR) is 71.3 cm³/mol. The maximum atomic E-state index is 9.65. The number of benzene rings is 1. The molecule has 1 aromatic rings. The van der Waals surface area contributed by atoms with Crippen molar-refractivity contribution in [1.29, 1.82) is 0 Å². The normalized spacial score (nSPS) is 16.1. The molecule has 1 heterocycles. The summed E-state index contributed by atoms with van der Waals surface area (Å²) < 4.78 is 10.7. The standard InChI is InChI=1S/C14H21NO3/c1-11(16)12-4-5-14-13(10-12)15(7-9-18-14)6-3-8-17-2/h4-5,10-11,16H,3,6-9H2,1-2H3/t11-/m0/s1. The van der Waals surface area contributed by atoms with Crippen LogP contribution in [0.15, 0.2) is 18.2 Å². The largest absolute Gasteiger partial charge is 0.490 e. The van der Waals surface area contributed by atoms with Crippen molar-refractivity contribution in [1.82, 2.24) is 0 Å². The number of rotatable bonds is 5. The quantitative estimate of drug-likeness (QED) is 0.812. The maximum absolute atomic E-state index is 9.65. The third kappa shape index (κ3) is 2.94. The van der Waals surface area contributed by atoms with Gasteiger partial charge in [0, 0.05) is 20.3 Å². The molecule has 0 aromatic heterocycles. The van der Waals surface area contributed by atoms with Crippen LogP contribution in [0.4, 0.5) is 5.69 Å². The van der Waals surface area contributed by atoms with E-state index in [1.54, 1.807) is 14.0 Å². The van der Waals surface area contributed by atoms with Crippen LogP contribution in [-0.4, -0.2) is 38.5 Å². The van der Waals surface area contributed by atoms with Gasteiger partial charge < -0.3 is 19.5 Å². The Morgan fingerprint density at radius 2 is 2.33 bits per heavy atom. The molecule has 0 saturated carbocycles. The summed E-state index contributed by atoms with van der Waals surface area (Å²) in [7, 11) is 1.72. The molecule has 1 N–H and O–H groups in total. The van der Waals surface area contributed by atoms with Crippen molar-refractivity contribution < 1.29 is 14.6 Å². The number of hydrogen-bond donors (Lipinski definition) is 1. The van der Waals surface area contributed by atoms with Gasteiger partial charge in [0.25, 0.3) is 0 Å². The van der Waals surface area contributed by atoms with Crippen LogP contribution in [0.25, 0.3) is 0 Å². The second-order valence-corrected chi connectivity index (χ2v) is 4.58. The van der Waals surface area contributed by atoms with E-state index >= 15 is 0 Å². The van der Waals surface area contributed by atoms with E-state index in [4.69, 9.17) is 9.47 Å². The van der Waals surface area contributed by atoms with Gasteiger partial charge >= 0.3 is 0 Å². The van der Waals surface area contributed by atoms with Gasteiger partial charge in [0.15, 0.2) is 0 Å². The van der Waals surface area contributed by atoms with E-state index in [1.165, 1.54) is 0 Å². The zero-order chi connectivity index (χ0) is 13.0. The lowest BCUT2D eigenvalue weighted by atomic mass is 10.1. The number of aliphatic hydroxyl groups is 1. The molecule has 18 heavy (non-hydrogen) atoms. The molecule has 0 unspecified atom stereocenters. The lowest BCUT2D eigenvalue weighted by Gasteiger charge is -2.31. The van der Waals surface area contributed by atoms with Crippen LogP contribution in [0.3, 0.4) is 0 Å². The van der Waals surface area contributed by atoms with E-state index in [2.05, 4.69) is 4.90 Å². The molecule has 1 atom stereocenters. The Kier molecular flexibility index (Phi) is 4.44. The summed E-state index contributed by atoms with van der Waals surface area (Å²) in [6.45, 7) is 5.10. The Labute approximate surface area is 108 Å². The first-order valence-electron chi connectivity index (χ1n) is 6.41. The molecular weight excluding hydrogens is 230 g/mol. The number of fused-ring (bicyclic) bond motifs is 1. The van der Waals surface area contributed by atoms with Gasteiger partial charge in [0.05, 0.1) is 18.3 Å². The van der Waals surface area contributed by atoms with E-state index in [-0.39, 0.29) is 0 Å². The van der Waals surface area contributed by atoms with E-state index in [0.29, 0.717) is 6.61 Å². The molecule has 1 aliphatic rings. The minimum atomic E-state index is -0.446. The Balaban J connectivity index is 2.15. The Bertz CT molecular complexity index is 393. The van der Waals surface area contributed by atoms with Gasteiger partial charge in [0.2, 0.25) is 0 Å². The third-order valence-electron chi connectivity index (χ3n) is 3.20. The summed E-state index contributed by atoms with van der Waals surface area (Å²) in [6, 6.07) is 5.88. The average molecular weight is 251 g/mol. The van der Waals surface area contributed by atoms with Crippen molar-refractivity contribution in [2.75, 3.05) is 38.3 Å². The van der Waals surface area contributed by atoms with Gasteiger partial charge in [-0.3, -0.25) is 0 Å². The fourth-order valence-corrected chi connectivity index (χ4v) is 2.18. The van der Waals surface area contributed by atoms with Crippen LogP contribution in [0.5, 0.6) is 5.75 Å². The highest BCUT2D eigenvalue weighted by molar-refractivity contribution is 5.61. The Morgan fingerprint density at radius 1 is 1.50 bits per heavy atom. The summed E-state index contributed by atoms with van der Waals surface area (Å²) in [5.41, 5.74) is 2.01. The summed E-state index contributed by atoms with van der Waals surface area (Å²) >= 11 is 0. The lowest BCUT2D eigenvalue weighted by Crippen LogP contribution is -2.34. The van der Waals surface area contributed by atoms with Gasteiger partial charge in [-0.2, -0.15) is 0 Å². The highest BCUT2D eigenvalue weighted by atomic mass is 16.5. The predicted octanol–water partition coefficient (Wildman–Crippen LogP) is 1.98. The van der Waals surface area contributed by atoms with Gasteiger partial charge in [-0.05, 0) is 31.0 Å². The van der Waals surface area contributed by atoms with Gasteiger partial charge in [0.1, 0.15) is 12.4 Å². The zero-order valence-corrected chi connectivity index (χ0v) is 11.1. The summed E-state index contributed by atoms with van der Waals surface area (Å²) in [4.78, 5) is 2.30. The molecule has 100 valence electrons. The number of aliphatic hydroxyl groups excluding tert-OH is 1. The van der Waals surface area contributed by atoms with Crippen LogP contribution in [0.1, 0.15) is 25.0 Å². The minimum Gasteiger partial charge on any atom is -0.490 e. The number of nitrogens with zero attached hydrogens (tertiary/aromatic N) is 1. The van der Waals surface area contributed by atoms with Crippen LogP contribution in [0, 0.1) is 0 Å². The molecule has 1 aliphatic heterocycles. The summed E-state index contributed by atoms with van der Waals surface area (Å²) in [5.74, 6) is 0.906. The zero-order valence-electron chi connectivity index (χ0n) is 11.1. The molecule has 1 aromatic carbocycles. The first-order chi connectivity index (χ1) is 8.72. The first-order valence-corrected chi connectivity index (χ1v) is 6.41. The third-order valence-corrected chi connectivity index (χ3v) is 3.20. The van der Waals surface area contributed by atoms with Crippen molar-refractivity contribution >= 4 is 5.69 Å². The van der Waals surface area contributed by atoms with Crippen LogP contribution >= 0.6 is 0 Å². The second kappa shape index (κ2) is 6.07. The molecular formula is C14H21NO3. The van der Waals surface area contributed by atoms with E-state index in [0.717, 1.165) is 43.1 Å². The lowest BCUT2D eigenvalue weighted by molar-refractivity contribution is 0.194. The van der Waals surface area contributed by atoms with Crippen molar-refractivity contribution in [3.05, 3.63) is 23.8 Å². The van der Waals surface area contributed by atoms with Gasteiger partial charge in [-0.1, -0.05) is 6.07 Å². The molecule has 0 amide bonds. The molecule has 0 fully saturated rings. The average Bonchev–Trinajstić information content (AvgIpc) is 2.38. The Morgan fingerprint density at radius 3 is 3.06 bits per heavy atom. The van der Waals surface area contributed by atoms with E-state index < -0.39 is 6.10 Å². The Hall–Kier alpha value is -1.26. The van der Waals surface area contributed by atoms with Crippen molar-refractivity contribution in [3.8, 4) is 5.75 Å². The first kappa shape index (κ1) is 13.2. The number of hydrogen-bond acceptors (Lipinski definition) is 4. The molecule has 0 bridgehead atoms. The molecule has 0 radical (unpaired) electrons. The highest BCUT2D eigenvalue weighted by Gasteiger charge is 2.18. The topological polar surface area (TPSA) is 41.9 Å². The van der Waals surface area contributed by atoms with Gasteiger partial charge in [-0.25, -0.2) is 0 Å². The SMILES string of the molecule is COCCCN1CCOc2ccc([C@H](C)O)cc21. The molecule has 0 saturated heterocycles. The highest BCUT2D eigenvalue weighted by Crippen LogP contribution is 2.34. The molecule has 0 spiro atoms. The van der Waals surface area contributed by atoms with Crippen LogP contribution in [0.2, 0.25) is 0 Å². The van der Waals surface area contributed by atoms with Crippen LogP contribution in [-0.2, 0) is 4.74 Å². The fourth-order valence-electron chi connectivity index (χ4n) is 2.18. The van der Waals surface area contributed by atoms with E-state index in [1.807, 2.05) is 18.2 Å². The van der Waals surface area contributed by atoms with Crippen molar-refractivity contribution in [2.45, 2.75) is 19.4 Å². The molecule has 4 nitrogen and oxygen atoms in total. The van der Waals surface area contributed by atoms with Gasteiger partial charge in [-0.15, -0.1) is 0 Å².